The van der Waals surface area contributed by atoms with Gasteiger partial charge in [0.2, 0.25) is 0 Å². The molecule has 1 heterocycles. The van der Waals surface area contributed by atoms with E-state index < -0.39 is 0 Å². The minimum atomic E-state index is -0.320. The fourth-order valence-electron chi connectivity index (χ4n) is 1.89. The quantitative estimate of drug-likeness (QED) is 0.575. The molecule has 12 heavy (non-hydrogen) atoms. The molecule has 0 aromatic rings. The third-order valence-corrected chi connectivity index (χ3v) is 2.52. The van der Waals surface area contributed by atoms with E-state index in [9.17, 15) is 4.79 Å². The Hall–Kier alpha value is -1.25. The Kier molecular flexibility index (Phi) is 1.64. The highest BCUT2D eigenvalue weighted by Gasteiger charge is 2.30. The molecular weight excluding hydrogens is 152 g/mol. The van der Waals surface area contributed by atoms with Crippen molar-refractivity contribution in [3.63, 3.8) is 0 Å². The second-order valence-corrected chi connectivity index (χ2v) is 3.23. The van der Waals surface area contributed by atoms with Crippen molar-refractivity contribution >= 4 is 6.03 Å². The minimum absolute atomic E-state index is 0.320. The van der Waals surface area contributed by atoms with Crippen molar-refractivity contribution < 1.29 is 4.79 Å². The molecular formula is C9H12N2O. The Morgan fingerprint density at radius 3 is 3.25 bits per heavy atom. The van der Waals surface area contributed by atoms with E-state index in [1.54, 1.807) is 4.90 Å². The third kappa shape index (κ3) is 1.02. The number of hydrogen-bond acceptors (Lipinski definition) is 1. The van der Waals surface area contributed by atoms with Crippen LogP contribution in [0.3, 0.4) is 0 Å². The molecule has 0 saturated carbocycles. The molecule has 0 spiro atoms. The maximum absolute atomic E-state index is 10.9. The average Bonchev–Trinajstić information content (AvgIpc) is 2.47. The Bertz CT molecular complexity index is 268. The van der Waals surface area contributed by atoms with Crippen LogP contribution < -0.4 is 5.73 Å². The molecule has 2 N–H and O–H groups in total. The van der Waals surface area contributed by atoms with Crippen molar-refractivity contribution in [1.29, 1.82) is 0 Å². The lowest BCUT2D eigenvalue weighted by molar-refractivity contribution is 0.225. The van der Waals surface area contributed by atoms with E-state index >= 15 is 0 Å². The number of amides is 2. The van der Waals surface area contributed by atoms with E-state index in [2.05, 4.69) is 6.08 Å². The van der Waals surface area contributed by atoms with Crippen molar-refractivity contribution in [1.82, 2.24) is 4.90 Å². The molecule has 0 aromatic carbocycles. The fraction of sp³-hybridized carbons (Fsp3) is 0.444. The first-order valence-electron chi connectivity index (χ1n) is 4.23. The summed E-state index contributed by atoms with van der Waals surface area (Å²) in [6.07, 6.45) is 8.23. The van der Waals surface area contributed by atoms with Crippen LogP contribution in [0.1, 0.15) is 12.8 Å². The molecule has 1 saturated heterocycles. The number of nitrogens with two attached hydrogens (primary N) is 1. The Balaban J connectivity index is 2.25. The Morgan fingerprint density at radius 1 is 1.67 bits per heavy atom. The number of fused-ring (bicyclic) bond motifs is 1. The standard InChI is InChI=1S/C9H12N2O/c10-9(12)11-6-5-7-3-1-2-4-8(7)11/h1-2,4,7H,3,5-6H2,(H2,10,12). The molecule has 2 aliphatic rings. The van der Waals surface area contributed by atoms with Gasteiger partial charge < -0.3 is 5.73 Å². The SMILES string of the molecule is NC(=O)N1CCC2CC=CC=C21. The molecule has 3 heteroatoms. The van der Waals surface area contributed by atoms with Gasteiger partial charge in [-0.05, 0) is 18.9 Å². The predicted molar refractivity (Wildman–Crippen MR) is 46.2 cm³/mol. The summed E-state index contributed by atoms with van der Waals surface area (Å²) in [5, 5.41) is 0. The van der Waals surface area contributed by atoms with Gasteiger partial charge in [0.15, 0.2) is 0 Å². The lowest BCUT2D eigenvalue weighted by atomic mass is 9.97. The largest absolute Gasteiger partial charge is 0.351 e. The summed E-state index contributed by atoms with van der Waals surface area (Å²) in [7, 11) is 0. The molecule has 3 nitrogen and oxygen atoms in total. The number of carbonyl (C=O) groups excluding carboxylic acids is 1. The van der Waals surface area contributed by atoms with E-state index in [-0.39, 0.29) is 6.03 Å². The van der Waals surface area contributed by atoms with Crippen LogP contribution >= 0.6 is 0 Å². The zero-order valence-corrected chi connectivity index (χ0v) is 6.86. The van der Waals surface area contributed by atoms with E-state index in [0.29, 0.717) is 5.92 Å². The smallest absolute Gasteiger partial charge is 0.319 e. The van der Waals surface area contributed by atoms with E-state index in [4.69, 9.17) is 5.73 Å². The molecule has 1 fully saturated rings. The predicted octanol–water partition coefficient (Wildman–Crippen LogP) is 1.23. The van der Waals surface area contributed by atoms with Gasteiger partial charge in [-0.2, -0.15) is 0 Å². The summed E-state index contributed by atoms with van der Waals surface area (Å²) < 4.78 is 0. The minimum Gasteiger partial charge on any atom is -0.351 e. The van der Waals surface area contributed by atoms with E-state index in [1.165, 1.54) is 0 Å². The van der Waals surface area contributed by atoms with Gasteiger partial charge >= 0.3 is 6.03 Å². The maximum atomic E-state index is 10.9. The summed E-state index contributed by atoms with van der Waals surface area (Å²) >= 11 is 0. The van der Waals surface area contributed by atoms with Crippen LogP contribution in [-0.4, -0.2) is 17.5 Å². The molecule has 64 valence electrons. The van der Waals surface area contributed by atoms with Crippen molar-refractivity contribution in [3.8, 4) is 0 Å². The molecule has 1 aliphatic heterocycles. The van der Waals surface area contributed by atoms with E-state index in [1.807, 2.05) is 12.2 Å². The highest BCUT2D eigenvalue weighted by atomic mass is 16.2. The number of nitrogens with zero attached hydrogens (tertiary/aromatic N) is 1. The highest BCUT2D eigenvalue weighted by Crippen LogP contribution is 2.32. The number of hydrogen-bond donors (Lipinski definition) is 1. The summed E-state index contributed by atoms with van der Waals surface area (Å²) in [6, 6.07) is -0.320. The number of allylic oxidation sites excluding steroid dienone is 4. The van der Waals surface area contributed by atoms with Gasteiger partial charge in [0, 0.05) is 18.2 Å². The van der Waals surface area contributed by atoms with Crippen molar-refractivity contribution in [3.05, 3.63) is 23.9 Å². The lowest BCUT2D eigenvalue weighted by Gasteiger charge is -2.19. The third-order valence-electron chi connectivity index (χ3n) is 2.52. The molecule has 0 aromatic heterocycles. The van der Waals surface area contributed by atoms with Gasteiger partial charge in [0.05, 0.1) is 0 Å². The molecule has 1 atom stereocenters. The first-order valence-corrected chi connectivity index (χ1v) is 4.23. The monoisotopic (exact) mass is 164 g/mol. The summed E-state index contributed by atoms with van der Waals surface area (Å²) in [4.78, 5) is 12.6. The second-order valence-electron chi connectivity index (χ2n) is 3.23. The number of rotatable bonds is 0. The van der Waals surface area contributed by atoms with Crippen molar-refractivity contribution in [2.24, 2.45) is 11.7 Å². The van der Waals surface area contributed by atoms with Crippen LogP contribution in [0.25, 0.3) is 0 Å². The first kappa shape index (κ1) is 7.40. The zero-order chi connectivity index (χ0) is 8.55. The zero-order valence-electron chi connectivity index (χ0n) is 6.86. The van der Waals surface area contributed by atoms with Crippen LogP contribution in [0, 0.1) is 5.92 Å². The van der Waals surface area contributed by atoms with Gasteiger partial charge in [-0.25, -0.2) is 4.79 Å². The maximum Gasteiger partial charge on any atom is 0.319 e. The number of likely N-dealkylation sites (tertiary alicyclic amines) is 1. The van der Waals surface area contributed by atoms with Gasteiger partial charge in [-0.1, -0.05) is 12.2 Å². The van der Waals surface area contributed by atoms with Crippen molar-refractivity contribution in [2.45, 2.75) is 12.8 Å². The van der Waals surface area contributed by atoms with Gasteiger partial charge in [0.25, 0.3) is 0 Å². The summed E-state index contributed by atoms with van der Waals surface area (Å²) in [6.45, 7) is 0.785. The van der Waals surface area contributed by atoms with E-state index in [0.717, 1.165) is 25.1 Å². The van der Waals surface area contributed by atoms with Gasteiger partial charge in [-0.3, -0.25) is 4.90 Å². The fourth-order valence-corrected chi connectivity index (χ4v) is 1.89. The van der Waals surface area contributed by atoms with Crippen LogP contribution in [0.2, 0.25) is 0 Å². The molecule has 1 unspecified atom stereocenters. The molecule has 0 bridgehead atoms. The van der Waals surface area contributed by atoms with Crippen LogP contribution in [0.4, 0.5) is 4.79 Å². The summed E-state index contributed by atoms with van der Waals surface area (Å²) in [5.41, 5.74) is 6.33. The Labute approximate surface area is 71.5 Å². The summed E-state index contributed by atoms with van der Waals surface area (Å²) in [5.74, 6) is 0.530. The van der Waals surface area contributed by atoms with Crippen LogP contribution in [0.5, 0.6) is 0 Å². The topological polar surface area (TPSA) is 46.3 Å². The Morgan fingerprint density at radius 2 is 2.50 bits per heavy atom. The molecule has 0 radical (unpaired) electrons. The normalized spacial score (nSPS) is 26.8. The number of primary amides is 1. The molecule has 1 aliphatic carbocycles. The van der Waals surface area contributed by atoms with Crippen molar-refractivity contribution in [2.75, 3.05) is 6.54 Å². The second kappa shape index (κ2) is 2.66. The highest BCUT2D eigenvalue weighted by molar-refractivity contribution is 5.75. The van der Waals surface area contributed by atoms with Crippen LogP contribution in [-0.2, 0) is 0 Å². The van der Waals surface area contributed by atoms with Gasteiger partial charge in [0.1, 0.15) is 0 Å². The number of urea groups is 1. The lowest BCUT2D eigenvalue weighted by Crippen LogP contribution is -2.32. The average molecular weight is 164 g/mol. The number of carbonyl (C=O) groups is 1. The first-order chi connectivity index (χ1) is 5.79. The molecule has 2 rings (SSSR count). The molecule has 2 amide bonds. The van der Waals surface area contributed by atoms with Gasteiger partial charge in [-0.15, -0.1) is 0 Å². The van der Waals surface area contributed by atoms with Crippen LogP contribution in [0.15, 0.2) is 23.9 Å².